The van der Waals surface area contributed by atoms with E-state index in [-0.39, 0.29) is 12.2 Å². The second kappa shape index (κ2) is 10.4. The van der Waals surface area contributed by atoms with E-state index in [1.165, 1.54) is 0 Å². The van der Waals surface area contributed by atoms with Crippen LogP contribution in [0.15, 0.2) is 12.2 Å². The maximum absolute atomic E-state index is 11.2. The van der Waals surface area contributed by atoms with Crippen molar-refractivity contribution in [3.05, 3.63) is 12.2 Å². The van der Waals surface area contributed by atoms with Gasteiger partial charge in [0.1, 0.15) is 0 Å². The summed E-state index contributed by atoms with van der Waals surface area (Å²) in [6.45, 7) is 5.49. The lowest BCUT2D eigenvalue weighted by Gasteiger charge is -2.07. The molecular formula is C14H20O8. The fraction of sp³-hybridized carbons (Fsp3) is 0.571. The first-order valence-corrected chi connectivity index (χ1v) is 6.61. The Balaban J connectivity index is 3.99. The molecule has 0 aromatic heterocycles. The van der Waals surface area contributed by atoms with Crippen molar-refractivity contribution < 1.29 is 38.1 Å². The molecule has 0 rings (SSSR count). The van der Waals surface area contributed by atoms with Crippen molar-refractivity contribution in [1.29, 1.82) is 0 Å². The topological polar surface area (TPSA) is 105 Å². The van der Waals surface area contributed by atoms with E-state index < -0.39 is 37.1 Å². The van der Waals surface area contributed by atoms with Crippen LogP contribution in [-0.4, -0.2) is 49.3 Å². The summed E-state index contributed by atoms with van der Waals surface area (Å²) in [7, 11) is 0. The van der Waals surface area contributed by atoms with Crippen LogP contribution in [-0.2, 0) is 38.1 Å². The molecule has 0 N–H and O–H groups in total. The van der Waals surface area contributed by atoms with E-state index in [2.05, 4.69) is 9.47 Å². The van der Waals surface area contributed by atoms with Crippen molar-refractivity contribution in [2.24, 2.45) is 0 Å². The molecule has 0 unspecified atom stereocenters. The Morgan fingerprint density at radius 3 is 1.32 bits per heavy atom. The first-order valence-electron chi connectivity index (χ1n) is 6.61. The molecule has 0 aliphatic heterocycles. The van der Waals surface area contributed by atoms with Crippen LogP contribution in [0.2, 0.25) is 0 Å². The molecule has 0 radical (unpaired) electrons. The zero-order valence-electron chi connectivity index (χ0n) is 13.0. The van der Waals surface area contributed by atoms with Gasteiger partial charge in [-0.3, -0.25) is 0 Å². The minimum absolute atomic E-state index is 0.317. The van der Waals surface area contributed by atoms with E-state index in [0.29, 0.717) is 0 Å². The summed E-state index contributed by atoms with van der Waals surface area (Å²) in [6.07, 6.45) is 0.919. The molecule has 0 aromatic rings. The molecule has 0 saturated heterocycles. The third kappa shape index (κ3) is 11.4. The Kier molecular flexibility index (Phi) is 9.24. The molecule has 0 fully saturated rings. The predicted molar refractivity (Wildman–Crippen MR) is 73.5 cm³/mol. The highest BCUT2D eigenvalue weighted by Gasteiger charge is 2.10. The second-order valence-electron chi connectivity index (χ2n) is 4.63. The highest BCUT2D eigenvalue weighted by molar-refractivity contribution is 5.93. The Labute approximate surface area is 128 Å². The maximum Gasteiger partial charge on any atom is 0.344 e. The largest absolute Gasteiger partial charge is 0.460 e. The van der Waals surface area contributed by atoms with Crippen LogP contribution in [0.25, 0.3) is 0 Å². The van der Waals surface area contributed by atoms with E-state index in [0.717, 1.165) is 12.2 Å². The summed E-state index contributed by atoms with van der Waals surface area (Å²) < 4.78 is 18.5. The molecule has 8 nitrogen and oxygen atoms in total. The van der Waals surface area contributed by atoms with Gasteiger partial charge in [0.15, 0.2) is 13.2 Å². The van der Waals surface area contributed by atoms with Gasteiger partial charge in [0, 0.05) is 12.2 Å². The smallest absolute Gasteiger partial charge is 0.344 e. The fourth-order valence-electron chi connectivity index (χ4n) is 1.09. The summed E-state index contributed by atoms with van der Waals surface area (Å²) in [5.74, 6) is -3.23. The second-order valence-corrected chi connectivity index (χ2v) is 4.63. The van der Waals surface area contributed by atoms with Gasteiger partial charge < -0.3 is 18.9 Å². The van der Waals surface area contributed by atoms with Gasteiger partial charge >= 0.3 is 23.9 Å². The maximum atomic E-state index is 11.2. The molecule has 0 atom stereocenters. The highest BCUT2D eigenvalue weighted by Crippen LogP contribution is 1.93. The van der Waals surface area contributed by atoms with E-state index in [1.54, 1.807) is 27.7 Å². The number of rotatable bonds is 8. The lowest BCUT2D eigenvalue weighted by atomic mass is 10.5. The molecule has 0 heterocycles. The Hall–Kier alpha value is -2.38. The van der Waals surface area contributed by atoms with Crippen molar-refractivity contribution >= 4 is 23.9 Å². The first kappa shape index (κ1) is 19.6. The Morgan fingerprint density at radius 1 is 0.727 bits per heavy atom. The third-order valence-corrected chi connectivity index (χ3v) is 1.75. The molecule has 22 heavy (non-hydrogen) atoms. The fourth-order valence-corrected chi connectivity index (χ4v) is 1.09. The molecular weight excluding hydrogens is 296 g/mol. The van der Waals surface area contributed by atoms with Gasteiger partial charge in [-0.25, -0.2) is 19.2 Å². The predicted octanol–water partition coefficient (Wildman–Crippen LogP) is 0.532. The average Bonchev–Trinajstić information content (AvgIpc) is 2.39. The molecule has 0 amide bonds. The molecule has 0 aromatic carbocycles. The molecule has 0 aliphatic rings. The van der Waals surface area contributed by atoms with Crippen molar-refractivity contribution in [2.75, 3.05) is 13.2 Å². The average molecular weight is 316 g/mol. The summed E-state index contributed by atoms with van der Waals surface area (Å²) in [4.78, 5) is 44.6. The standard InChI is InChI=1S/C14H20O8/c1-9(2)21-13(17)7-19-11(15)5-6-12(16)20-8-14(18)22-10(3)4/h5-6,9-10H,7-8H2,1-4H3/b6-5-. The minimum Gasteiger partial charge on any atom is -0.460 e. The zero-order valence-corrected chi connectivity index (χ0v) is 13.0. The first-order chi connectivity index (χ1) is 10.2. The SMILES string of the molecule is CC(C)OC(=O)COC(=O)/C=C\C(=O)OCC(=O)OC(C)C. The van der Waals surface area contributed by atoms with Gasteiger partial charge in [0.05, 0.1) is 12.2 Å². The molecule has 0 spiro atoms. The third-order valence-electron chi connectivity index (χ3n) is 1.75. The van der Waals surface area contributed by atoms with E-state index in [9.17, 15) is 19.2 Å². The molecule has 0 saturated carbocycles. The quantitative estimate of drug-likeness (QED) is 0.363. The van der Waals surface area contributed by atoms with Crippen LogP contribution in [0.4, 0.5) is 0 Å². The van der Waals surface area contributed by atoms with Gasteiger partial charge in [0.25, 0.3) is 0 Å². The number of ether oxygens (including phenoxy) is 4. The minimum atomic E-state index is -0.914. The summed E-state index contributed by atoms with van der Waals surface area (Å²) in [6, 6.07) is 0. The van der Waals surface area contributed by atoms with Gasteiger partial charge in [-0.2, -0.15) is 0 Å². The summed E-state index contributed by atoms with van der Waals surface area (Å²) in [5, 5.41) is 0. The van der Waals surface area contributed by atoms with Crippen molar-refractivity contribution in [1.82, 2.24) is 0 Å². The van der Waals surface area contributed by atoms with Crippen molar-refractivity contribution in [2.45, 2.75) is 39.9 Å². The van der Waals surface area contributed by atoms with E-state index in [1.807, 2.05) is 0 Å². The van der Waals surface area contributed by atoms with E-state index >= 15 is 0 Å². The number of esters is 4. The lowest BCUT2D eigenvalue weighted by Crippen LogP contribution is -2.19. The van der Waals surface area contributed by atoms with Crippen LogP contribution in [0, 0.1) is 0 Å². The monoisotopic (exact) mass is 316 g/mol. The molecule has 0 aliphatic carbocycles. The van der Waals surface area contributed by atoms with Gasteiger partial charge in [-0.05, 0) is 27.7 Å². The summed E-state index contributed by atoms with van der Waals surface area (Å²) in [5.41, 5.74) is 0. The number of hydrogen-bond acceptors (Lipinski definition) is 8. The Morgan fingerprint density at radius 2 is 1.05 bits per heavy atom. The van der Waals surface area contributed by atoms with Gasteiger partial charge in [-0.15, -0.1) is 0 Å². The van der Waals surface area contributed by atoms with Crippen LogP contribution in [0.1, 0.15) is 27.7 Å². The van der Waals surface area contributed by atoms with E-state index in [4.69, 9.17) is 9.47 Å². The van der Waals surface area contributed by atoms with Gasteiger partial charge in [0.2, 0.25) is 0 Å². The number of hydrogen-bond donors (Lipinski definition) is 0. The van der Waals surface area contributed by atoms with Crippen LogP contribution in [0.3, 0.4) is 0 Å². The Bertz CT molecular complexity index is 396. The van der Waals surface area contributed by atoms with Crippen LogP contribution in [0.5, 0.6) is 0 Å². The number of carbonyl (C=O) groups is 4. The lowest BCUT2D eigenvalue weighted by molar-refractivity contribution is -0.159. The molecule has 8 heteroatoms. The zero-order chi connectivity index (χ0) is 17.1. The van der Waals surface area contributed by atoms with Crippen LogP contribution >= 0.6 is 0 Å². The van der Waals surface area contributed by atoms with Crippen LogP contribution < -0.4 is 0 Å². The summed E-state index contributed by atoms with van der Waals surface area (Å²) >= 11 is 0. The van der Waals surface area contributed by atoms with Crippen molar-refractivity contribution in [3.63, 3.8) is 0 Å². The highest BCUT2D eigenvalue weighted by atomic mass is 16.6. The molecule has 0 bridgehead atoms. The molecule has 124 valence electrons. The van der Waals surface area contributed by atoms with Crippen molar-refractivity contribution in [3.8, 4) is 0 Å². The van der Waals surface area contributed by atoms with Gasteiger partial charge in [-0.1, -0.05) is 0 Å². The normalized spacial score (nSPS) is 10.6. The number of carbonyl (C=O) groups excluding carboxylic acids is 4.